The molecule has 24 heavy (non-hydrogen) atoms. The molecular formula is C14H20N8O2. The molecule has 0 aliphatic carbocycles. The molecule has 0 saturated carbocycles. The van der Waals surface area contributed by atoms with Gasteiger partial charge in [-0.25, -0.2) is 0 Å². The van der Waals surface area contributed by atoms with Crippen LogP contribution in [0.3, 0.4) is 0 Å². The van der Waals surface area contributed by atoms with Crippen molar-refractivity contribution in [2.45, 2.75) is 13.5 Å². The first-order valence-electron chi connectivity index (χ1n) is 7.60. The van der Waals surface area contributed by atoms with E-state index in [9.17, 15) is 4.79 Å². The van der Waals surface area contributed by atoms with Crippen molar-refractivity contribution >= 4 is 17.6 Å². The zero-order chi connectivity index (χ0) is 17.1. The number of hydrogen-bond donors (Lipinski definition) is 1. The zero-order valence-electron chi connectivity index (χ0n) is 13.9. The molecule has 0 radical (unpaired) electrons. The molecular weight excluding hydrogens is 312 g/mol. The van der Waals surface area contributed by atoms with E-state index in [1.165, 1.54) is 0 Å². The molecule has 2 aromatic rings. The Bertz CT molecular complexity index is 750. The van der Waals surface area contributed by atoms with Gasteiger partial charge in [0.2, 0.25) is 11.8 Å². The smallest absolute Gasteiger partial charge is 0.246 e. The predicted octanol–water partition coefficient (Wildman–Crippen LogP) is -0.464. The lowest BCUT2D eigenvalue weighted by atomic mass is 10.3. The largest absolute Gasteiger partial charge is 0.347 e. The van der Waals surface area contributed by atoms with Crippen LogP contribution in [0.5, 0.6) is 0 Å². The highest BCUT2D eigenvalue weighted by molar-refractivity contribution is 5.98. The molecule has 3 rings (SSSR count). The molecule has 0 aromatic carbocycles. The monoisotopic (exact) mass is 332 g/mol. The summed E-state index contributed by atoms with van der Waals surface area (Å²) < 4.78 is 6.75. The van der Waals surface area contributed by atoms with Gasteiger partial charge in [0.1, 0.15) is 6.54 Å². The molecule has 3 heterocycles. The quantitative estimate of drug-likeness (QED) is 0.599. The highest BCUT2D eigenvalue weighted by atomic mass is 16.5. The predicted molar refractivity (Wildman–Crippen MR) is 86.4 cm³/mol. The highest BCUT2D eigenvalue weighted by Crippen LogP contribution is 2.16. The van der Waals surface area contributed by atoms with Gasteiger partial charge in [-0.05, 0) is 6.92 Å². The lowest BCUT2D eigenvalue weighted by Crippen LogP contribution is -2.55. The zero-order valence-corrected chi connectivity index (χ0v) is 13.9. The van der Waals surface area contributed by atoms with Crippen LogP contribution < -0.4 is 10.2 Å². The molecule has 128 valence electrons. The minimum atomic E-state index is 0.00540. The average molecular weight is 332 g/mol. The second-order valence-electron chi connectivity index (χ2n) is 5.48. The molecule has 1 fully saturated rings. The molecule has 10 nitrogen and oxygen atoms in total. The summed E-state index contributed by atoms with van der Waals surface area (Å²) in [4.78, 5) is 24.4. The summed E-state index contributed by atoms with van der Waals surface area (Å²) >= 11 is 0. The van der Waals surface area contributed by atoms with Crippen molar-refractivity contribution in [2.24, 2.45) is 12.0 Å². The van der Waals surface area contributed by atoms with Crippen molar-refractivity contribution in [3.8, 4) is 0 Å². The van der Waals surface area contributed by atoms with Gasteiger partial charge in [0.25, 0.3) is 0 Å². The summed E-state index contributed by atoms with van der Waals surface area (Å²) in [6, 6.07) is 0. The Balaban J connectivity index is 1.60. The summed E-state index contributed by atoms with van der Waals surface area (Å²) in [5.74, 6) is 1.70. The number of aromatic nitrogens is 4. The Kier molecular flexibility index (Phi) is 4.45. The number of anilines is 1. The Labute approximate surface area is 139 Å². The maximum Gasteiger partial charge on any atom is 0.246 e. The number of carbonyl (C=O) groups excluding carboxylic acids is 1. The van der Waals surface area contributed by atoms with Gasteiger partial charge in [-0.3, -0.25) is 14.5 Å². The van der Waals surface area contributed by atoms with Crippen molar-refractivity contribution < 1.29 is 9.32 Å². The second kappa shape index (κ2) is 6.69. The molecule has 1 amide bonds. The number of piperazine rings is 1. The summed E-state index contributed by atoms with van der Waals surface area (Å²) in [7, 11) is 3.51. The van der Waals surface area contributed by atoms with Crippen molar-refractivity contribution in [1.29, 1.82) is 0 Å². The molecule has 1 aliphatic heterocycles. The van der Waals surface area contributed by atoms with Gasteiger partial charge in [0.05, 0.1) is 18.4 Å². The summed E-state index contributed by atoms with van der Waals surface area (Å²) in [6.45, 7) is 3.62. The van der Waals surface area contributed by atoms with E-state index in [4.69, 9.17) is 4.52 Å². The molecule has 10 heteroatoms. The van der Waals surface area contributed by atoms with Crippen LogP contribution in [0.4, 0.5) is 5.69 Å². The molecule has 0 bridgehead atoms. The molecule has 1 N–H and O–H groups in total. The summed E-state index contributed by atoms with van der Waals surface area (Å²) in [5, 5.41) is 11.0. The Morgan fingerprint density at radius 1 is 1.46 bits per heavy atom. The Hall–Kier alpha value is -2.91. The third-order valence-electron chi connectivity index (χ3n) is 3.70. The third kappa shape index (κ3) is 3.36. The van der Waals surface area contributed by atoms with Gasteiger partial charge >= 0.3 is 0 Å². The van der Waals surface area contributed by atoms with E-state index in [1.807, 2.05) is 18.1 Å². The van der Waals surface area contributed by atoms with Gasteiger partial charge < -0.3 is 19.6 Å². The van der Waals surface area contributed by atoms with Crippen molar-refractivity contribution in [2.75, 3.05) is 31.6 Å². The van der Waals surface area contributed by atoms with E-state index in [-0.39, 0.29) is 12.5 Å². The van der Waals surface area contributed by atoms with Crippen LogP contribution in [0, 0.1) is 6.92 Å². The fraction of sp³-hybridized carbons (Fsp3) is 0.500. The van der Waals surface area contributed by atoms with Crippen LogP contribution in [0.15, 0.2) is 21.9 Å². The fourth-order valence-electron chi connectivity index (χ4n) is 2.57. The van der Waals surface area contributed by atoms with Gasteiger partial charge in [-0.2, -0.15) is 10.1 Å². The molecule has 1 aliphatic rings. The van der Waals surface area contributed by atoms with Crippen LogP contribution in [-0.2, 0) is 18.4 Å². The first-order valence-corrected chi connectivity index (χ1v) is 7.60. The van der Waals surface area contributed by atoms with E-state index >= 15 is 0 Å². The summed E-state index contributed by atoms with van der Waals surface area (Å²) in [6.07, 6.45) is 3.52. The van der Waals surface area contributed by atoms with E-state index in [0.717, 1.165) is 5.69 Å². The Morgan fingerprint density at radius 2 is 2.29 bits per heavy atom. The molecule has 2 aromatic heterocycles. The van der Waals surface area contributed by atoms with Crippen LogP contribution >= 0.6 is 0 Å². The van der Waals surface area contributed by atoms with E-state index in [1.54, 1.807) is 29.7 Å². The van der Waals surface area contributed by atoms with Crippen LogP contribution in [0.1, 0.15) is 11.7 Å². The van der Waals surface area contributed by atoms with Crippen LogP contribution in [0.2, 0.25) is 0 Å². The lowest BCUT2D eigenvalue weighted by molar-refractivity contribution is -0.120. The Morgan fingerprint density at radius 3 is 2.88 bits per heavy atom. The molecule has 0 spiro atoms. The molecule has 1 saturated heterocycles. The van der Waals surface area contributed by atoms with Gasteiger partial charge in [0, 0.05) is 33.4 Å². The normalized spacial score (nSPS) is 16.0. The number of carbonyl (C=O) groups is 1. The van der Waals surface area contributed by atoms with E-state index in [2.05, 4.69) is 25.5 Å². The molecule has 0 unspecified atom stereocenters. The van der Waals surface area contributed by atoms with Gasteiger partial charge in [0.15, 0.2) is 11.8 Å². The van der Waals surface area contributed by atoms with E-state index < -0.39 is 0 Å². The second-order valence-corrected chi connectivity index (χ2v) is 5.48. The van der Waals surface area contributed by atoms with Gasteiger partial charge in [-0.15, -0.1) is 0 Å². The topological polar surface area (TPSA) is 105 Å². The SMILES string of the molecule is CN=C(NCc1nc(C)no1)N1CCN(c2cnn(C)c2)C(=O)C1. The van der Waals surface area contributed by atoms with Crippen LogP contribution in [-0.4, -0.2) is 63.4 Å². The number of nitrogens with zero attached hydrogens (tertiary/aromatic N) is 7. The maximum absolute atomic E-state index is 12.4. The van der Waals surface area contributed by atoms with Crippen molar-refractivity contribution in [3.05, 3.63) is 24.1 Å². The maximum atomic E-state index is 12.4. The minimum absolute atomic E-state index is 0.00540. The standard InChI is InChI=1S/C14H20N8O2/c1-10-18-12(24-19-10)7-16-14(15-2)21-4-5-22(13(23)9-21)11-6-17-20(3)8-11/h6,8H,4-5,7,9H2,1-3H3,(H,15,16). The van der Waals surface area contributed by atoms with Crippen molar-refractivity contribution in [3.63, 3.8) is 0 Å². The minimum Gasteiger partial charge on any atom is -0.347 e. The number of amides is 1. The first kappa shape index (κ1) is 16.0. The summed E-state index contributed by atoms with van der Waals surface area (Å²) in [5.41, 5.74) is 0.812. The van der Waals surface area contributed by atoms with E-state index in [0.29, 0.717) is 37.3 Å². The number of aryl methyl sites for hydroxylation is 2. The number of aliphatic imine (C=N–C) groups is 1. The number of rotatable bonds is 3. The fourth-order valence-corrected chi connectivity index (χ4v) is 2.57. The first-order chi connectivity index (χ1) is 11.6. The van der Waals surface area contributed by atoms with Crippen LogP contribution in [0.25, 0.3) is 0 Å². The number of guanidine groups is 1. The highest BCUT2D eigenvalue weighted by Gasteiger charge is 2.27. The van der Waals surface area contributed by atoms with Crippen molar-refractivity contribution in [1.82, 2.24) is 30.1 Å². The average Bonchev–Trinajstić information content (AvgIpc) is 3.16. The third-order valence-corrected chi connectivity index (χ3v) is 3.70. The van der Waals surface area contributed by atoms with Gasteiger partial charge in [-0.1, -0.05) is 5.16 Å². The number of hydrogen-bond acceptors (Lipinski definition) is 6. The molecule has 0 atom stereocenters. The lowest BCUT2D eigenvalue weighted by Gasteiger charge is -2.35. The number of nitrogens with one attached hydrogen (secondary N) is 1.